The summed E-state index contributed by atoms with van der Waals surface area (Å²) in [6.07, 6.45) is 0.816. The van der Waals surface area contributed by atoms with Gasteiger partial charge in [0.2, 0.25) is 5.82 Å². The van der Waals surface area contributed by atoms with Crippen LogP contribution in [0.4, 0.5) is 0 Å². The van der Waals surface area contributed by atoms with Gasteiger partial charge in [-0.2, -0.15) is 4.98 Å². The maximum absolute atomic E-state index is 9.61. The first-order valence-electron chi connectivity index (χ1n) is 4.60. The van der Waals surface area contributed by atoms with E-state index in [4.69, 9.17) is 4.52 Å². The minimum Gasteiger partial charge on any atom is -0.385 e. The van der Waals surface area contributed by atoms with Crippen LogP contribution in [0.5, 0.6) is 0 Å². The maximum atomic E-state index is 9.61. The molecule has 0 fully saturated rings. The normalized spacial score (nSPS) is 12.9. The summed E-state index contributed by atoms with van der Waals surface area (Å²) in [5.41, 5.74) is 0.544. The molecule has 0 aliphatic heterocycles. The van der Waals surface area contributed by atoms with Gasteiger partial charge in [0.05, 0.1) is 0 Å². The molecule has 6 nitrogen and oxygen atoms in total. The molecule has 1 N–H and O–H groups in total. The molecule has 80 valence electrons. The van der Waals surface area contributed by atoms with E-state index in [1.54, 1.807) is 5.38 Å². The summed E-state index contributed by atoms with van der Waals surface area (Å²) in [6.45, 7) is 1.98. The van der Waals surface area contributed by atoms with Crippen LogP contribution in [0.15, 0.2) is 9.90 Å². The molecule has 0 spiro atoms. The van der Waals surface area contributed by atoms with Crippen LogP contribution in [0, 0.1) is 0 Å². The molecule has 1 atom stereocenters. The Balaban J connectivity index is 2.17. The number of hydrogen-bond donors (Lipinski definition) is 1. The molecule has 0 saturated heterocycles. The van der Waals surface area contributed by atoms with Crippen molar-refractivity contribution >= 4 is 11.5 Å². The van der Waals surface area contributed by atoms with Gasteiger partial charge in [0.1, 0.15) is 6.10 Å². The molecule has 15 heavy (non-hydrogen) atoms. The molecular weight excluding hydrogens is 216 g/mol. The Bertz CT molecular complexity index is 414. The van der Waals surface area contributed by atoms with Crippen LogP contribution in [0.2, 0.25) is 0 Å². The highest BCUT2D eigenvalue weighted by atomic mass is 32.1. The first-order valence-corrected chi connectivity index (χ1v) is 5.44. The fraction of sp³-hybridized carbons (Fsp3) is 0.500. The van der Waals surface area contributed by atoms with Gasteiger partial charge in [-0.15, -0.1) is 5.10 Å². The smallest absolute Gasteiger partial charge is 0.279 e. The highest BCUT2D eigenvalue weighted by Gasteiger charge is 2.16. The summed E-state index contributed by atoms with van der Waals surface area (Å²) in [5, 5.41) is 18.8. The van der Waals surface area contributed by atoms with Gasteiger partial charge in [-0.25, -0.2) is 0 Å². The van der Waals surface area contributed by atoms with Crippen molar-refractivity contribution in [2.45, 2.75) is 25.9 Å². The molecule has 0 aliphatic carbocycles. The van der Waals surface area contributed by atoms with E-state index in [0.29, 0.717) is 23.8 Å². The van der Waals surface area contributed by atoms with Crippen molar-refractivity contribution in [1.29, 1.82) is 0 Å². The molecule has 2 aromatic heterocycles. The largest absolute Gasteiger partial charge is 0.385 e. The predicted molar refractivity (Wildman–Crippen MR) is 53.1 cm³/mol. The first-order chi connectivity index (χ1) is 7.31. The van der Waals surface area contributed by atoms with E-state index in [1.165, 1.54) is 11.5 Å². The zero-order chi connectivity index (χ0) is 10.7. The molecule has 0 amide bonds. The van der Waals surface area contributed by atoms with Crippen LogP contribution in [0.1, 0.15) is 31.7 Å². The van der Waals surface area contributed by atoms with Crippen LogP contribution < -0.4 is 0 Å². The number of nitrogens with zero attached hydrogens (tertiary/aromatic N) is 4. The maximum Gasteiger partial charge on any atom is 0.279 e. The van der Waals surface area contributed by atoms with Gasteiger partial charge in [-0.3, -0.25) is 0 Å². The first kappa shape index (κ1) is 10.2. The van der Waals surface area contributed by atoms with E-state index in [1.807, 2.05) is 6.92 Å². The third kappa shape index (κ3) is 2.18. The standard InChI is InChI=1S/C8H10N4O2S/c1-2-3-6(13)7-9-8(14-11-7)5-4-15-12-10-5/h4,6,13H,2-3H2,1H3. The van der Waals surface area contributed by atoms with E-state index in [0.717, 1.165) is 6.42 Å². The number of hydrogen-bond acceptors (Lipinski definition) is 7. The topological polar surface area (TPSA) is 84.9 Å². The van der Waals surface area contributed by atoms with E-state index < -0.39 is 6.10 Å². The van der Waals surface area contributed by atoms with Crippen molar-refractivity contribution in [3.8, 4) is 11.6 Å². The second kappa shape index (κ2) is 4.45. The summed E-state index contributed by atoms with van der Waals surface area (Å²) in [4.78, 5) is 4.05. The molecule has 0 radical (unpaired) electrons. The van der Waals surface area contributed by atoms with Crippen molar-refractivity contribution in [3.05, 3.63) is 11.2 Å². The SMILES string of the molecule is CCCC(O)c1noc(-c2csnn2)n1. The van der Waals surface area contributed by atoms with Crippen LogP contribution in [-0.2, 0) is 0 Å². The van der Waals surface area contributed by atoms with E-state index in [9.17, 15) is 5.11 Å². The number of aliphatic hydroxyl groups excluding tert-OH is 1. The van der Waals surface area contributed by atoms with Gasteiger partial charge in [0.15, 0.2) is 5.69 Å². The molecule has 2 rings (SSSR count). The second-order valence-electron chi connectivity index (χ2n) is 3.05. The van der Waals surface area contributed by atoms with Crippen LogP contribution >= 0.6 is 11.5 Å². The molecule has 7 heteroatoms. The minimum absolute atomic E-state index is 0.300. The lowest BCUT2D eigenvalue weighted by molar-refractivity contribution is 0.153. The molecule has 2 aromatic rings. The van der Waals surface area contributed by atoms with E-state index in [-0.39, 0.29) is 0 Å². The van der Waals surface area contributed by atoms with Crippen LogP contribution in [-0.4, -0.2) is 24.8 Å². The van der Waals surface area contributed by atoms with Crippen molar-refractivity contribution in [2.24, 2.45) is 0 Å². The molecule has 0 saturated carbocycles. The second-order valence-corrected chi connectivity index (χ2v) is 3.66. The zero-order valence-corrected chi connectivity index (χ0v) is 8.94. The number of aromatic nitrogens is 4. The van der Waals surface area contributed by atoms with E-state index in [2.05, 4.69) is 19.7 Å². The average molecular weight is 226 g/mol. The minimum atomic E-state index is -0.668. The lowest BCUT2D eigenvalue weighted by Crippen LogP contribution is -1.98. The lowest BCUT2D eigenvalue weighted by Gasteiger charge is -2.00. The summed E-state index contributed by atoms with van der Waals surface area (Å²) in [5.74, 6) is 0.605. The quantitative estimate of drug-likeness (QED) is 0.848. The van der Waals surface area contributed by atoms with Crippen LogP contribution in [0.3, 0.4) is 0 Å². The summed E-state index contributed by atoms with van der Waals surface area (Å²) in [7, 11) is 0. The zero-order valence-electron chi connectivity index (χ0n) is 8.12. The molecule has 2 heterocycles. The molecule has 0 aliphatic rings. The van der Waals surface area contributed by atoms with Crippen LogP contribution in [0.25, 0.3) is 11.6 Å². The van der Waals surface area contributed by atoms with Crippen molar-refractivity contribution in [2.75, 3.05) is 0 Å². The number of rotatable bonds is 4. The molecule has 1 unspecified atom stereocenters. The Morgan fingerprint density at radius 1 is 1.60 bits per heavy atom. The average Bonchev–Trinajstić information content (AvgIpc) is 2.89. The van der Waals surface area contributed by atoms with E-state index >= 15 is 0 Å². The molecule has 0 bridgehead atoms. The summed E-state index contributed by atoms with van der Waals surface area (Å²) < 4.78 is 8.65. The van der Waals surface area contributed by atoms with Crippen molar-refractivity contribution in [1.82, 2.24) is 19.7 Å². The highest BCUT2D eigenvalue weighted by molar-refractivity contribution is 7.03. The Morgan fingerprint density at radius 3 is 3.13 bits per heavy atom. The fourth-order valence-corrected chi connectivity index (χ4v) is 1.56. The van der Waals surface area contributed by atoms with Crippen molar-refractivity contribution in [3.63, 3.8) is 0 Å². The van der Waals surface area contributed by atoms with Gasteiger partial charge in [0.25, 0.3) is 5.89 Å². The van der Waals surface area contributed by atoms with Gasteiger partial charge < -0.3 is 9.63 Å². The predicted octanol–water partition coefficient (Wildman–Crippen LogP) is 1.42. The van der Waals surface area contributed by atoms with Gasteiger partial charge in [-0.1, -0.05) is 23.0 Å². The third-order valence-corrected chi connectivity index (χ3v) is 2.39. The Morgan fingerprint density at radius 2 is 2.47 bits per heavy atom. The Kier molecular flexibility index (Phi) is 3.02. The van der Waals surface area contributed by atoms with Gasteiger partial charge in [0, 0.05) is 5.38 Å². The molecule has 0 aromatic carbocycles. The van der Waals surface area contributed by atoms with Gasteiger partial charge >= 0.3 is 0 Å². The van der Waals surface area contributed by atoms with Gasteiger partial charge in [-0.05, 0) is 18.0 Å². The third-order valence-electron chi connectivity index (χ3n) is 1.88. The summed E-state index contributed by atoms with van der Waals surface area (Å²) >= 11 is 1.21. The molecular formula is C8H10N4O2S. The lowest BCUT2D eigenvalue weighted by atomic mass is 10.2. The fourth-order valence-electron chi connectivity index (χ4n) is 1.13. The Labute approximate surface area is 90.1 Å². The van der Waals surface area contributed by atoms with Crippen molar-refractivity contribution < 1.29 is 9.63 Å². The number of aliphatic hydroxyl groups is 1. The Hall–Kier alpha value is -1.34. The summed E-state index contributed by atoms with van der Waals surface area (Å²) in [6, 6.07) is 0. The monoisotopic (exact) mass is 226 g/mol. The highest BCUT2D eigenvalue weighted by Crippen LogP contribution is 2.20.